The molecule has 1 unspecified atom stereocenters. The lowest BCUT2D eigenvalue weighted by molar-refractivity contribution is 0.371. The maximum atomic E-state index is 13.0. The summed E-state index contributed by atoms with van der Waals surface area (Å²) in [5, 5.41) is 4.02. The van der Waals surface area contributed by atoms with Gasteiger partial charge in [-0.15, -0.1) is 0 Å². The predicted octanol–water partition coefficient (Wildman–Crippen LogP) is 3.49. The monoisotopic (exact) mass is 221 g/mol. The number of halogens is 1. The predicted molar refractivity (Wildman–Crippen MR) is 62.8 cm³/mol. The normalized spacial score (nSPS) is 13.6. The first-order chi connectivity index (χ1) is 7.61. The molecule has 16 heavy (non-hydrogen) atoms. The summed E-state index contributed by atoms with van der Waals surface area (Å²) in [6.45, 7) is 4.24. The molecule has 1 aromatic carbocycles. The second kappa shape index (κ2) is 4.26. The molecule has 0 radical (unpaired) electrons. The van der Waals surface area contributed by atoms with Crippen molar-refractivity contribution in [3.63, 3.8) is 0 Å². The zero-order chi connectivity index (χ0) is 11.7. The highest BCUT2D eigenvalue weighted by molar-refractivity contribution is 5.78. The van der Waals surface area contributed by atoms with Crippen molar-refractivity contribution in [3.8, 4) is 0 Å². The maximum Gasteiger partial charge on any atom is 0.134 e. The zero-order valence-electron chi connectivity index (χ0n) is 9.75. The highest BCUT2D eigenvalue weighted by Crippen LogP contribution is 2.28. The molecule has 3 heteroatoms. The van der Waals surface area contributed by atoms with Crippen LogP contribution in [0.1, 0.15) is 25.6 Å². The van der Waals surface area contributed by atoms with Crippen LogP contribution >= 0.6 is 0 Å². The standard InChI is InChI=1S/C13H16FNO/c1-8(2)13(15-3)12-7-9-6-10(14)4-5-11(9)16-12/h4-8,13,15H,1-3H3. The summed E-state index contributed by atoms with van der Waals surface area (Å²) in [7, 11) is 1.90. The molecule has 1 atom stereocenters. The molecule has 0 spiro atoms. The lowest BCUT2D eigenvalue weighted by Gasteiger charge is -2.16. The molecule has 1 N–H and O–H groups in total. The molecule has 2 aromatic rings. The van der Waals surface area contributed by atoms with Crippen molar-refractivity contribution in [1.29, 1.82) is 0 Å². The molecule has 1 aromatic heterocycles. The molecule has 0 aliphatic rings. The van der Waals surface area contributed by atoms with Crippen LogP contribution < -0.4 is 5.32 Å². The molecule has 86 valence electrons. The number of nitrogens with one attached hydrogen (secondary N) is 1. The first-order valence-corrected chi connectivity index (χ1v) is 5.48. The van der Waals surface area contributed by atoms with Gasteiger partial charge in [0.2, 0.25) is 0 Å². The van der Waals surface area contributed by atoms with Gasteiger partial charge in [-0.25, -0.2) is 4.39 Å². The molecule has 0 aliphatic heterocycles. The van der Waals surface area contributed by atoms with E-state index in [0.717, 1.165) is 16.7 Å². The van der Waals surface area contributed by atoms with E-state index in [1.165, 1.54) is 12.1 Å². The highest BCUT2D eigenvalue weighted by atomic mass is 19.1. The summed E-state index contributed by atoms with van der Waals surface area (Å²) < 4.78 is 18.7. The molecule has 0 saturated heterocycles. The number of hydrogen-bond acceptors (Lipinski definition) is 2. The first-order valence-electron chi connectivity index (χ1n) is 5.48. The van der Waals surface area contributed by atoms with E-state index in [9.17, 15) is 4.39 Å². The fourth-order valence-electron chi connectivity index (χ4n) is 1.99. The first kappa shape index (κ1) is 11.1. The molecule has 0 bridgehead atoms. The van der Waals surface area contributed by atoms with Crippen LogP contribution in [-0.2, 0) is 0 Å². The number of rotatable bonds is 3. The van der Waals surface area contributed by atoms with Crippen LogP contribution in [-0.4, -0.2) is 7.05 Å². The van der Waals surface area contributed by atoms with E-state index in [0.29, 0.717) is 5.92 Å². The minimum atomic E-state index is -0.231. The van der Waals surface area contributed by atoms with Crippen LogP contribution in [0.5, 0.6) is 0 Å². The van der Waals surface area contributed by atoms with Gasteiger partial charge in [-0.1, -0.05) is 13.8 Å². The quantitative estimate of drug-likeness (QED) is 0.858. The second-order valence-electron chi connectivity index (χ2n) is 4.34. The summed E-state index contributed by atoms with van der Waals surface area (Å²) in [6, 6.07) is 6.64. The third kappa shape index (κ3) is 1.95. The fourth-order valence-corrected chi connectivity index (χ4v) is 1.99. The molecule has 0 fully saturated rings. The van der Waals surface area contributed by atoms with E-state index in [1.54, 1.807) is 6.07 Å². The topological polar surface area (TPSA) is 25.2 Å². The highest BCUT2D eigenvalue weighted by Gasteiger charge is 2.17. The molecular weight excluding hydrogens is 205 g/mol. The van der Waals surface area contributed by atoms with Crippen molar-refractivity contribution in [3.05, 3.63) is 35.8 Å². The van der Waals surface area contributed by atoms with Crippen LogP contribution in [0.4, 0.5) is 4.39 Å². The van der Waals surface area contributed by atoms with Crippen LogP contribution in [0.3, 0.4) is 0 Å². The minimum absolute atomic E-state index is 0.162. The number of fused-ring (bicyclic) bond motifs is 1. The lowest BCUT2D eigenvalue weighted by Crippen LogP contribution is -2.20. The van der Waals surface area contributed by atoms with Gasteiger partial charge in [0.05, 0.1) is 6.04 Å². The van der Waals surface area contributed by atoms with Crippen LogP contribution in [0.2, 0.25) is 0 Å². The summed E-state index contributed by atoms with van der Waals surface area (Å²) in [5.41, 5.74) is 0.734. The Labute approximate surface area is 94.4 Å². The van der Waals surface area contributed by atoms with Crippen LogP contribution in [0, 0.1) is 11.7 Å². The Morgan fingerprint density at radius 1 is 1.25 bits per heavy atom. The second-order valence-corrected chi connectivity index (χ2v) is 4.34. The van der Waals surface area contributed by atoms with Gasteiger partial charge in [-0.05, 0) is 37.2 Å². The van der Waals surface area contributed by atoms with E-state index in [2.05, 4.69) is 19.2 Å². The van der Waals surface area contributed by atoms with Crippen molar-refractivity contribution in [2.45, 2.75) is 19.9 Å². The van der Waals surface area contributed by atoms with Gasteiger partial charge in [0.1, 0.15) is 17.2 Å². The van der Waals surface area contributed by atoms with Gasteiger partial charge in [0.25, 0.3) is 0 Å². The average molecular weight is 221 g/mol. The Bertz CT molecular complexity index is 490. The van der Waals surface area contributed by atoms with E-state index in [4.69, 9.17) is 4.42 Å². The Morgan fingerprint density at radius 2 is 2.00 bits per heavy atom. The molecule has 0 saturated carbocycles. The van der Waals surface area contributed by atoms with Gasteiger partial charge in [-0.3, -0.25) is 0 Å². The molecule has 0 aliphatic carbocycles. The minimum Gasteiger partial charge on any atom is -0.459 e. The largest absolute Gasteiger partial charge is 0.459 e. The van der Waals surface area contributed by atoms with E-state index in [-0.39, 0.29) is 11.9 Å². The molecule has 2 rings (SSSR count). The number of hydrogen-bond donors (Lipinski definition) is 1. The number of benzene rings is 1. The molecular formula is C13H16FNO. The van der Waals surface area contributed by atoms with Gasteiger partial charge in [0, 0.05) is 5.39 Å². The van der Waals surface area contributed by atoms with Crippen LogP contribution in [0.15, 0.2) is 28.7 Å². The molecule has 2 nitrogen and oxygen atoms in total. The van der Waals surface area contributed by atoms with Gasteiger partial charge in [0.15, 0.2) is 0 Å². The summed E-state index contributed by atoms with van der Waals surface area (Å²) >= 11 is 0. The van der Waals surface area contributed by atoms with Crippen molar-refractivity contribution in [2.24, 2.45) is 5.92 Å². The van der Waals surface area contributed by atoms with E-state index >= 15 is 0 Å². The third-order valence-electron chi connectivity index (χ3n) is 2.78. The van der Waals surface area contributed by atoms with E-state index in [1.807, 2.05) is 13.1 Å². The van der Waals surface area contributed by atoms with Crippen molar-refractivity contribution < 1.29 is 8.81 Å². The maximum absolute atomic E-state index is 13.0. The fraction of sp³-hybridized carbons (Fsp3) is 0.385. The smallest absolute Gasteiger partial charge is 0.134 e. The Balaban J connectivity index is 2.45. The average Bonchev–Trinajstić information content (AvgIpc) is 2.60. The van der Waals surface area contributed by atoms with Crippen molar-refractivity contribution >= 4 is 11.0 Å². The lowest BCUT2D eigenvalue weighted by atomic mass is 10.0. The number of furan rings is 1. The van der Waals surface area contributed by atoms with Crippen LogP contribution in [0.25, 0.3) is 11.0 Å². The van der Waals surface area contributed by atoms with Gasteiger partial charge < -0.3 is 9.73 Å². The molecule has 0 amide bonds. The van der Waals surface area contributed by atoms with E-state index < -0.39 is 0 Å². The van der Waals surface area contributed by atoms with Gasteiger partial charge in [-0.2, -0.15) is 0 Å². The molecule has 1 heterocycles. The third-order valence-corrected chi connectivity index (χ3v) is 2.78. The zero-order valence-corrected chi connectivity index (χ0v) is 9.75. The SMILES string of the molecule is CNC(c1cc2cc(F)ccc2o1)C(C)C. The Hall–Kier alpha value is -1.35. The van der Waals surface area contributed by atoms with Gasteiger partial charge >= 0.3 is 0 Å². The summed E-state index contributed by atoms with van der Waals surface area (Å²) in [4.78, 5) is 0. The van der Waals surface area contributed by atoms with Crippen molar-refractivity contribution in [1.82, 2.24) is 5.32 Å². The Morgan fingerprint density at radius 3 is 2.62 bits per heavy atom. The Kier molecular flexibility index (Phi) is 2.97. The van der Waals surface area contributed by atoms with Crippen molar-refractivity contribution in [2.75, 3.05) is 7.05 Å². The summed E-state index contributed by atoms with van der Waals surface area (Å²) in [5.74, 6) is 1.05. The summed E-state index contributed by atoms with van der Waals surface area (Å²) in [6.07, 6.45) is 0.